The predicted octanol–water partition coefficient (Wildman–Crippen LogP) is 3.76. The van der Waals surface area contributed by atoms with Crippen LogP contribution in [0.1, 0.15) is 19.4 Å². The van der Waals surface area contributed by atoms with Crippen LogP contribution < -0.4 is 4.74 Å². The Hall–Kier alpha value is -2.09. The molecule has 2 heteroatoms. The van der Waals surface area contributed by atoms with Gasteiger partial charge in [0, 0.05) is 6.92 Å². The lowest BCUT2D eigenvalue weighted by Gasteiger charge is -2.04. The number of hydrogen-bond donors (Lipinski definition) is 0. The van der Waals surface area contributed by atoms with E-state index in [0.717, 1.165) is 11.1 Å². The summed E-state index contributed by atoms with van der Waals surface area (Å²) in [5.74, 6) is 0.250. The van der Waals surface area contributed by atoms with Crippen molar-refractivity contribution >= 4 is 11.5 Å². The van der Waals surface area contributed by atoms with Gasteiger partial charge in [0.25, 0.3) is 0 Å². The average molecular weight is 228 g/mol. The molecule has 88 valence electrons. The molecule has 0 heterocycles. The highest BCUT2D eigenvalue weighted by Crippen LogP contribution is 2.20. The molecule has 1 aromatic carbocycles. The second-order valence-electron chi connectivity index (χ2n) is 3.46. The van der Waals surface area contributed by atoms with Crippen molar-refractivity contribution < 1.29 is 9.53 Å². The van der Waals surface area contributed by atoms with Gasteiger partial charge in [0.2, 0.25) is 0 Å². The molecule has 0 aliphatic rings. The first-order chi connectivity index (χ1) is 8.17. The Balaban J connectivity index is 2.89. The molecule has 0 fully saturated rings. The van der Waals surface area contributed by atoms with E-state index >= 15 is 0 Å². The van der Waals surface area contributed by atoms with Crippen LogP contribution >= 0.6 is 0 Å². The third kappa shape index (κ3) is 4.11. The highest BCUT2D eigenvalue weighted by Gasteiger charge is 2.00. The van der Waals surface area contributed by atoms with Crippen LogP contribution in [0.15, 0.2) is 55.1 Å². The minimum Gasteiger partial charge on any atom is -0.427 e. The first kappa shape index (κ1) is 13.0. The minimum absolute atomic E-state index is 0.310. The van der Waals surface area contributed by atoms with E-state index in [9.17, 15) is 4.79 Å². The molecule has 0 aliphatic carbocycles. The summed E-state index contributed by atoms with van der Waals surface area (Å²) >= 11 is 0. The largest absolute Gasteiger partial charge is 0.427 e. The average Bonchev–Trinajstić information content (AvgIpc) is 2.31. The van der Waals surface area contributed by atoms with E-state index in [1.807, 2.05) is 37.3 Å². The molecule has 0 aromatic heterocycles. The first-order valence-electron chi connectivity index (χ1n) is 5.41. The van der Waals surface area contributed by atoms with Gasteiger partial charge in [0.05, 0.1) is 0 Å². The van der Waals surface area contributed by atoms with Gasteiger partial charge in [-0.1, -0.05) is 43.0 Å². The molecule has 1 aromatic rings. The molecular formula is C15H16O2. The normalized spacial score (nSPS) is 11.5. The molecule has 0 amide bonds. The lowest BCUT2D eigenvalue weighted by molar-refractivity contribution is -0.131. The van der Waals surface area contributed by atoms with Gasteiger partial charge in [-0.3, -0.25) is 4.79 Å². The van der Waals surface area contributed by atoms with Crippen molar-refractivity contribution in [2.75, 3.05) is 0 Å². The van der Waals surface area contributed by atoms with Crippen LogP contribution in [0.25, 0.3) is 5.57 Å². The van der Waals surface area contributed by atoms with Gasteiger partial charge < -0.3 is 4.74 Å². The number of carbonyl (C=O) groups is 1. The fourth-order valence-corrected chi connectivity index (χ4v) is 1.41. The molecule has 0 saturated heterocycles. The topological polar surface area (TPSA) is 26.3 Å². The van der Waals surface area contributed by atoms with E-state index in [2.05, 4.69) is 6.58 Å². The van der Waals surface area contributed by atoms with Gasteiger partial charge in [-0.15, -0.1) is 0 Å². The summed E-state index contributed by atoms with van der Waals surface area (Å²) in [7, 11) is 0. The minimum atomic E-state index is -0.310. The molecule has 0 radical (unpaired) electrons. The lowest BCUT2D eigenvalue weighted by Crippen LogP contribution is -2.00. The first-order valence-corrected chi connectivity index (χ1v) is 5.41. The molecule has 17 heavy (non-hydrogen) atoms. The molecule has 0 aliphatic heterocycles. The molecule has 0 bridgehead atoms. The second-order valence-corrected chi connectivity index (χ2v) is 3.46. The Morgan fingerprint density at radius 1 is 1.29 bits per heavy atom. The SMILES string of the molecule is C=C/C=C\C(=C/C)c1ccc(OC(C)=O)cc1. The number of esters is 1. The Bertz CT molecular complexity index is 450. The van der Waals surface area contributed by atoms with Gasteiger partial charge in [0.1, 0.15) is 5.75 Å². The van der Waals surface area contributed by atoms with Crippen molar-refractivity contribution in [3.63, 3.8) is 0 Å². The summed E-state index contributed by atoms with van der Waals surface area (Å²) in [6.07, 6.45) is 7.61. The summed E-state index contributed by atoms with van der Waals surface area (Å²) in [6, 6.07) is 7.39. The monoisotopic (exact) mass is 228 g/mol. The summed E-state index contributed by atoms with van der Waals surface area (Å²) in [5.41, 5.74) is 2.17. The number of carbonyl (C=O) groups excluding carboxylic acids is 1. The maximum absolute atomic E-state index is 10.8. The van der Waals surface area contributed by atoms with Gasteiger partial charge in [0.15, 0.2) is 0 Å². The maximum Gasteiger partial charge on any atom is 0.308 e. The number of allylic oxidation sites excluding steroid dienone is 5. The fourth-order valence-electron chi connectivity index (χ4n) is 1.41. The van der Waals surface area contributed by atoms with E-state index in [-0.39, 0.29) is 5.97 Å². The Kier molecular flexibility index (Phi) is 4.95. The molecular weight excluding hydrogens is 212 g/mol. The van der Waals surface area contributed by atoms with Crippen molar-refractivity contribution in [1.82, 2.24) is 0 Å². The number of hydrogen-bond acceptors (Lipinski definition) is 2. The van der Waals surface area contributed by atoms with Crippen LogP contribution in [0, 0.1) is 0 Å². The molecule has 0 atom stereocenters. The quantitative estimate of drug-likeness (QED) is 0.445. The Morgan fingerprint density at radius 2 is 1.94 bits per heavy atom. The smallest absolute Gasteiger partial charge is 0.308 e. The summed E-state index contributed by atoms with van der Waals surface area (Å²) in [5, 5.41) is 0. The van der Waals surface area contributed by atoms with Crippen LogP contribution in [-0.2, 0) is 4.79 Å². The summed E-state index contributed by atoms with van der Waals surface area (Å²) in [6.45, 7) is 7.00. The van der Waals surface area contributed by atoms with Crippen molar-refractivity contribution in [3.8, 4) is 5.75 Å². The summed E-state index contributed by atoms with van der Waals surface area (Å²) in [4.78, 5) is 10.8. The number of ether oxygens (including phenoxy) is 1. The molecule has 0 saturated carbocycles. The van der Waals surface area contributed by atoms with Crippen LogP contribution in [0.5, 0.6) is 5.75 Å². The molecule has 1 rings (SSSR count). The predicted molar refractivity (Wildman–Crippen MR) is 70.7 cm³/mol. The van der Waals surface area contributed by atoms with E-state index < -0.39 is 0 Å². The van der Waals surface area contributed by atoms with Crippen LogP contribution in [0.4, 0.5) is 0 Å². The zero-order valence-corrected chi connectivity index (χ0v) is 10.1. The maximum atomic E-state index is 10.8. The van der Waals surface area contributed by atoms with Gasteiger partial charge in [-0.2, -0.15) is 0 Å². The van der Waals surface area contributed by atoms with E-state index in [1.165, 1.54) is 6.92 Å². The highest BCUT2D eigenvalue weighted by atomic mass is 16.5. The van der Waals surface area contributed by atoms with Crippen LogP contribution in [-0.4, -0.2) is 5.97 Å². The zero-order chi connectivity index (χ0) is 12.7. The third-order valence-corrected chi connectivity index (χ3v) is 2.17. The van der Waals surface area contributed by atoms with Gasteiger partial charge in [-0.05, 0) is 30.2 Å². The van der Waals surface area contributed by atoms with E-state index in [4.69, 9.17) is 4.74 Å². The van der Waals surface area contributed by atoms with E-state index in [0.29, 0.717) is 5.75 Å². The van der Waals surface area contributed by atoms with Crippen molar-refractivity contribution in [3.05, 3.63) is 60.7 Å². The van der Waals surface area contributed by atoms with Gasteiger partial charge in [-0.25, -0.2) is 0 Å². The summed E-state index contributed by atoms with van der Waals surface area (Å²) < 4.78 is 4.97. The number of benzene rings is 1. The number of rotatable bonds is 4. The standard InChI is InChI=1S/C15H16O2/c1-4-6-7-13(5-2)14-8-10-15(11-9-14)17-12(3)16/h4-11H,1H2,2-3H3/b7-6-,13-5+. The molecule has 0 spiro atoms. The van der Waals surface area contributed by atoms with Gasteiger partial charge >= 0.3 is 5.97 Å². The Labute approximate surface area is 102 Å². The fraction of sp³-hybridized carbons (Fsp3) is 0.133. The van der Waals surface area contributed by atoms with Crippen molar-refractivity contribution in [2.45, 2.75) is 13.8 Å². The lowest BCUT2D eigenvalue weighted by atomic mass is 10.1. The van der Waals surface area contributed by atoms with Crippen molar-refractivity contribution in [2.24, 2.45) is 0 Å². The van der Waals surface area contributed by atoms with E-state index in [1.54, 1.807) is 18.2 Å². The van der Waals surface area contributed by atoms with Crippen LogP contribution in [0.3, 0.4) is 0 Å². The third-order valence-electron chi connectivity index (χ3n) is 2.17. The highest BCUT2D eigenvalue weighted by molar-refractivity contribution is 5.75. The molecule has 0 N–H and O–H groups in total. The Morgan fingerprint density at radius 3 is 2.41 bits per heavy atom. The molecule has 0 unspecified atom stereocenters. The van der Waals surface area contributed by atoms with Crippen molar-refractivity contribution in [1.29, 1.82) is 0 Å². The van der Waals surface area contributed by atoms with Crippen LogP contribution in [0.2, 0.25) is 0 Å². The molecule has 2 nitrogen and oxygen atoms in total. The second kappa shape index (κ2) is 6.48. The zero-order valence-electron chi connectivity index (χ0n) is 10.1.